The SMILES string of the molecule is CC.CCOC(=O)c1cn2cc(C)ccc2n1. The number of aromatic nitrogens is 2. The van der Waals surface area contributed by atoms with Gasteiger partial charge in [0, 0.05) is 12.4 Å². The molecule has 92 valence electrons. The average Bonchev–Trinajstić information content (AvgIpc) is 2.75. The Labute approximate surface area is 101 Å². The lowest BCUT2D eigenvalue weighted by molar-refractivity contribution is 0.0520. The van der Waals surface area contributed by atoms with Crippen LogP contribution >= 0.6 is 0 Å². The van der Waals surface area contributed by atoms with Crippen LogP contribution in [-0.4, -0.2) is 22.0 Å². The zero-order valence-electron chi connectivity index (χ0n) is 10.7. The van der Waals surface area contributed by atoms with Crippen molar-refractivity contribution in [1.29, 1.82) is 0 Å². The molecule has 17 heavy (non-hydrogen) atoms. The van der Waals surface area contributed by atoms with Crippen molar-refractivity contribution >= 4 is 11.6 Å². The lowest BCUT2D eigenvalue weighted by Crippen LogP contribution is -2.04. The van der Waals surface area contributed by atoms with E-state index >= 15 is 0 Å². The fourth-order valence-corrected chi connectivity index (χ4v) is 1.41. The van der Waals surface area contributed by atoms with Crippen molar-refractivity contribution in [2.75, 3.05) is 6.61 Å². The third-order valence-electron chi connectivity index (χ3n) is 2.08. The van der Waals surface area contributed by atoms with E-state index in [1.54, 1.807) is 13.1 Å². The van der Waals surface area contributed by atoms with Gasteiger partial charge >= 0.3 is 5.97 Å². The minimum atomic E-state index is -0.376. The number of nitrogens with zero attached hydrogens (tertiary/aromatic N) is 2. The molecule has 0 radical (unpaired) electrons. The van der Waals surface area contributed by atoms with Gasteiger partial charge < -0.3 is 9.14 Å². The molecular weight excluding hydrogens is 216 g/mol. The van der Waals surface area contributed by atoms with Gasteiger partial charge in [0.05, 0.1) is 6.61 Å². The Bertz CT molecular complexity index is 503. The van der Waals surface area contributed by atoms with E-state index in [4.69, 9.17) is 4.74 Å². The number of hydrogen-bond acceptors (Lipinski definition) is 3. The Morgan fingerprint density at radius 1 is 1.35 bits per heavy atom. The lowest BCUT2D eigenvalue weighted by atomic mass is 10.3. The minimum absolute atomic E-state index is 0.349. The van der Waals surface area contributed by atoms with Crippen LogP contribution in [0.2, 0.25) is 0 Å². The van der Waals surface area contributed by atoms with Crippen molar-refractivity contribution in [2.45, 2.75) is 27.7 Å². The minimum Gasteiger partial charge on any atom is -0.461 e. The van der Waals surface area contributed by atoms with E-state index in [1.165, 1.54) is 0 Å². The molecule has 0 aliphatic heterocycles. The van der Waals surface area contributed by atoms with E-state index < -0.39 is 0 Å². The normalized spacial score (nSPS) is 9.65. The highest BCUT2D eigenvalue weighted by molar-refractivity contribution is 5.87. The number of imidazole rings is 1. The average molecular weight is 234 g/mol. The molecule has 0 aliphatic carbocycles. The van der Waals surface area contributed by atoms with Gasteiger partial charge in [-0.05, 0) is 25.5 Å². The fourth-order valence-electron chi connectivity index (χ4n) is 1.41. The number of ether oxygens (including phenoxy) is 1. The van der Waals surface area contributed by atoms with Crippen LogP contribution in [0.25, 0.3) is 5.65 Å². The summed E-state index contributed by atoms with van der Waals surface area (Å²) >= 11 is 0. The smallest absolute Gasteiger partial charge is 0.358 e. The number of esters is 1. The summed E-state index contributed by atoms with van der Waals surface area (Å²) in [4.78, 5) is 15.6. The summed E-state index contributed by atoms with van der Waals surface area (Å²) < 4.78 is 6.69. The highest BCUT2D eigenvalue weighted by atomic mass is 16.5. The number of aryl methyl sites for hydroxylation is 1. The zero-order valence-corrected chi connectivity index (χ0v) is 10.7. The molecule has 0 unspecified atom stereocenters. The molecule has 2 heterocycles. The van der Waals surface area contributed by atoms with E-state index in [0.717, 1.165) is 11.2 Å². The van der Waals surface area contributed by atoms with Gasteiger partial charge in [-0.25, -0.2) is 9.78 Å². The van der Waals surface area contributed by atoms with Crippen LogP contribution in [0.3, 0.4) is 0 Å². The summed E-state index contributed by atoms with van der Waals surface area (Å²) in [6.07, 6.45) is 3.60. The summed E-state index contributed by atoms with van der Waals surface area (Å²) in [5.74, 6) is -0.376. The monoisotopic (exact) mass is 234 g/mol. The zero-order chi connectivity index (χ0) is 12.8. The first kappa shape index (κ1) is 13.2. The van der Waals surface area contributed by atoms with Crippen LogP contribution in [-0.2, 0) is 4.74 Å². The molecule has 0 aromatic carbocycles. The molecule has 0 atom stereocenters. The summed E-state index contributed by atoms with van der Waals surface area (Å²) in [6.45, 7) is 8.13. The fraction of sp³-hybridized carbons (Fsp3) is 0.385. The molecular formula is C13H18N2O2. The molecule has 2 aromatic heterocycles. The van der Waals surface area contributed by atoms with Crippen molar-refractivity contribution in [3.8, 4) is 0 Å². The molecule has 0 aliphatic rings. The molecule has 0 saturated heterocycles. The first-order chi connectivity index (χ1) is 8.20. The molecule has 0 fully saturated rings. The number of fused-ring (bicyclic) bond motifs is 1. The van der Waals surface area contributed by atoms with E-state index in [0.29, 0.717) is 12.3 Å². The van der Waals surface area contributed by atoms with Crippen molar-refractivity contribution in [3.63, 3.8) is 0 Å². The molecule has 2 aromatic rings. The van der Waals surface area contributed by atoms with Gasteiger partial charge in [-0.2, -0.15) is 0 Å². The van der Waals surface area contributed by atoms with E-state index in [-0.39, 0.29) is 5.97 Å². The van der Waals surface area contributed by atoms with Crippen molar-refractivity contribution < 1.29 is 9.53 Å². The largest absolute Gasteiger partial charge is 0.461 e. The predicted molar refractivity (Wildman–Crippen MR) is 67.2 cm³/mol. The second-order valence-corrected chi connectivity index (χ2v) is 3.32. The third-order valence-corrected chi connectivity index (χ3v) is 2.08. The number of carbonyl (C=O) groups is 1. The number of carbonyl (C=O) groups excluding carboxylic acids is 1. The Kier molecular flexibility index (Phi) is 4.69. The Morgan fingerprint density at radius 2 is 2.06 bits per heavy atom. The van der Waals surface area contributed by atoms with Gasteiger partial charge in [0.1, 0.15) is 5.65 Å². The first-order valence-corrected chi connectivity index (χ1v) is 5.83. The van der Waals surface area contributed by atoms with Crippen LogP contribution in [0.15, 0.2) is 24.5 Å². The second-order valence-electron chi connectivity index (χ2n) is 3.32. The Morgan fingerprint density at radius 3 is 2.71 bits per heavy atom. The summed E-state index contributed by atoms with van der Waals surface area (Å²) in [7, 11) is 0. The van der Waals surface area contributed by atoms with Gasteiger partial charge in [-0.1, -0.05) is 19.9 Å². The Hall–Kier alpha value is -1.84. The molecule has 0 saturated carbocycles. The van der Waals surface area contributed by atoms with E-state index in [2.05, 4.69) is 4.98 Å². The topological polar surface area (TPSA) is 43.6 Å². The maximum Gasteiger partial charge on any atom is 0.358 e. The molecule has 0 amide bonds. The van der Waals surface area contributed by atoms with Crippen LogP contribution in [0, 0.1) is 6.92 Å². The van der Waals surface area contributed by atoms with Crippen LogP contribution < -0.4 is 0 Å². The molecule has 0 N–H and O–H groups in total. The van der Waals surface area contributed by atoms with E-state index in [1.807, 2.05) is 43.5 Å². The summed E-state index contributed by atoms with van der Waals surface area (Å²) in [6, 6.07) is 3.83. The van der Waals surface area contributed by atoms with Gasteiger partial charge in [0.2, 0.25) is 0 Å². The Balaban J connectivity index is 0.000000686. The highest BCUT2D eigenvalue weighted by Crippen LogP contribution is 2.08. The highest BCUT2D eigenvalue weighted by Gasteiger charge is 2.10. The molecule has 0 spiro atoms. The van der Waals surface area contributed by atoms with Crippen LogP contribution in [0.4, 0.5) is 0 Å². The van der Waals surface area contributed by atoms with Gasteiger partial charge in [-0.15, -0.1) is 0 Å². The van der Waals surface area contributed by atoms with Crippen molar-refractivity contribution in [1.82, 2.24) is 9.38 Å². The third kappa shape index (κ3) is 3.06. The maximum absolute atomic E-state index is 11.4. The van der Waals surface area contributed by atoms with Crippen molar-refractivity contribution in [3.05, 3.63) is 35.8 Å². The maximum atomic E-state index is 11.4. The predicted octanol–water partition coefficient (Wildman–Crippen LogP) is 2.85. The molecule has 0 bridgehead atoms. The number of pyridine rings is 1. The van der Waals surface area contributed by atoms with Gasteiger partial charge in [-0.3, -0.25) is 0 Å². The quantitative estimate of drug-likeness (QED) is 0.750. The number of rotatable bonds is 2. The summed E-state index contributed by atoms with van der Waals surface area (Å²) in [5, 5.41) is 0. The molecule has 4 nitrogen and oxygen atoms in total. The van der Waals surface area contributed by atoms with Crippen LogP contribution in [0.1, 0.15) is 36.8 Å². The van der Waals surface area contributed by atoms with Crippen LogP contribution in [0.5, 0.6) is 0 Å². The standard InChI is InChI=1S/C11H12N2O2.C2H6/c1-3-15-11(14)9-7-13-6-8(2)4-5-10(13)12-9;1-2/h4-7H,3H2,1-2H3;1-2H3. The van der Waals surface area contributed by atoms with Gasteiger partial charge in [0.15, 0.2) is 5.69 Å². The van der Waals surface area contributed by atoms with Gasteiger partial charge in [0.25, 0.3) is 0 Å². The van der Waals surface area contributed by atoms with E-state index in [9.17, 15) is 4.79 Å². The first-order valence-electron chi connectivity index (χ1n) is 5.83. The lowest BCUT2D eigenvalue weighted by Gasteiger charge is -1.95. The second kappa shape index (κ2) is 6.03. The molecule has 4 heteroatoms. The summed E-state index contributed by atoms with van der Waals surface area (Å²) in [5.41, 5.74) is 2.22. The number of hydrogen-bond donors (Lipinski definition) is 0. The van der Waals surface area contributed by atoms with Crippen molar-refractivity contribution in [2.24, 2.45) is 0 Å². The molecule has 2 rings (SSSR count).